The Morgan fingerprint density at radius 2 is 2.12 bits per heavy atom. The molecule has 1 heterocycles. The van der Waals surface area contributed by atoms with Crippen LogP contribution in [0.2, 0.25) is 0 Å². The van der Waals surface area contributed by atoms with Gasteiger partial charge in [-0.2, -0.15) is 0 Å². The predicted molar refractivity (Wildman–Crippen MR) is 63.5 cm³/mol. The summed E-state index contributed by atoms with van der Waals surface area (Å²) in [5.41, 5.74) is 0. The van der Waals surface area contributed by atoms with Gasteiger partial charge in [0, 0.05) is 30.8 Å². The summed E-state index contributed by atoms with van der Waals surface area (Å²) in [5, 5.41) is 7.29. The van der Waals surface area contributed by atoms with Gasteiger partial charge in [-0.15, -0.1) is 10.2 Å². The minimum absolute atomic E-state index is 0.206. The molecular weight excluding hydrogens is 266 g/mol. The van der Waals surface area contributed by atoms with Crippen molar-refractivity contribution in [2.24, 2.45) is 0 Å². The average Bonchev–Trinajstić information content (AvgIpc) is 2.66. The number of rotatable bonds is 7. The molecule has 0 aliphatic rings. The number of halogens is 1. The molecule has 0 atom stereocenters. The van der Waals surface area contributed by atoms with E-state index in [-0.39, 0.29) is 5.16 Å². The second kappa shape index (κ2) is 6.32. The largest absolute Gasteiger partial charge is 0.383 e. The van der Waals surface area contributed by atoms with Crippen molar-refractivity contribution < 1.29 is 13.2 Å². The molecule has 0 unspecified atom stereocenters. The fourth-order valence-electron chi connectivity index (χ4n) is 1.43. The van der Waals surface area contributed by atoms with Crippen LogP contribution in [0.15, 0.2) is 5.16 Å². The molecule has 17 heavy (non-hydrogen) atoms. The number of ether oxygens (including phenoxy) is 1. The minimum atomic E-state index is -3.86. The summed E-state index contributed by atoms with van der Waals surface area (Å²) in [6.07, 6.45) is 2.60. The van der Waals surface area contributed by atoms with Crippen LogP contribution in [0, 0.1) is 0 Å². The Morgan fingerprint density at radius 3 is 2.65 bits per heavy atom. The van der Waals surface area contributed by atoms with Gasteiger partial charge in [-0.05, 0) is 6.42 Å². The summed E-state index contributed by atoms with van der Waals surface area (Å²) in [5.74, 6) is 0.628. The van der Waals surface area contributed by atoms with Crippen molar-refractivity contribution in [1.29, 1.82) is 0 Å². The van der Waals surface area contributed by atoms with Gasteiger partial charge in [-0.1, -0.05) is 13.3 Å². The van der Waals surface area contributed by atoms with Crippen LogP contribution in [0.5, 0.6) is 0 Å². The Labute approximate surface area is 105 Å². The molecule has 0 amide bonds. The fraction of sp³-hybridized carbons (Fsp3) is 0.778. The van der Waals surface area contributed by atoms with E-state index in [2.05, 4.69) is 17.1 Å². The molecule has 6 nitrogen and oxygen atoms in total. The first-order chi connectivity index (χ1) is 8.00. The number of unbranched alkanes of at least 4 members (excludes halogenated alkanes) is 1. The number of hydrogen-bond donors (Lipinski definition) is 0. The lowest BCUT2D eigenvalue weighted by Gasteiger charge is -2.07. The van der Waals surface area contributed by atoms with Crippen LogP contribution in [0.25, 0.3) is 0 Å². The summed E-state index contributed by atoms with van der Waals surface area (Å²) in [7, 11) is 2.98. The zero-order chi connectivity index (χ0) is 12.9. The maximum atomic E-state index is 11.3. The molecule has 0 fully saturated rings. The van der Waals surface area contributed by atoms with Crippen LogP contribution in [0.3, 0.4) is 0 Å². The third kappa shape index (κ3) is 3.93. The van der Waals surface area contributed by atoms with E-state index in [0.29, 0.717) is 25.4 Å². The molecule has 0 saturated heterocycles. The molecule has 1 aromatic heterocycles. The lowest BCUT2D eigenvalue weighted by molar-refractivity contribution is 0.183. The van der Waals surface area contributed by atoms with Crippen molar-refractivity contribution in [2.75, 3.05) is 13.7 Å². The van der Waals surface area contributed by atoms with Crippen LogP contribution in [-0.4, -0.2) is 36.9 Å². The summed E-state index contributed by atoms with van der Waals surface area (Å²) in [6, 6.07) is 0. The smallest absolute Gasteiger partial charge is 0.296 e. The number of nitrogens with zero attached hydrogens (tertiary/aromatic N) is 3. The molecule has 0 aliphatic carbocycles. The first kappa shape index (κ1) is 14.4. The molecular formula is C9H16ClN3O3S. The van der Waals surface area contributed by atoms with Gasteiger partial charge in [0.25, 0.3) is 14.2 Å². The van der Waals surface area contributed by atoms with Gasteiger partial charge < -0.3 is 4.74 Å². The molecule has 0 aliphatic heterocycles. The Morgan fingerprint density at radius 1 is 1.41 bits per heavy atom. The Bertz CT molecular complexity index is 458. The lowest BCUT2D eigenvalue weighted by Crippen LogP contribution is -2.13. The van der Waals surface area contributed by atoms with Crippen molar-refractivity contribution in [3.8, 4) is 0 Å². The molecule has 0 aromatic carbocycles. The Balaban J connectivity index is 3.02. The zero-order valence-electron chi connectivity index (χ0n) is 9.89. The van der Waals surface area contributed by atoms with Gasteiger partial charge in [0.2, 0.25) is 0 Å². The predicted octanol–water partition coefficient (Wildman–Crippen LogP) is 1.19. The average molecular weight is 282 g/mol. The fourth-order valence-corrected chi connectivity index (χ4v) is 2.37. The first-order valence-electron chi connectivity index (χ1n) is 5.36. The Hall–Kier alpha value is -0.660. The van der Waals surface area contributed by atoms with E-state index in [1.807, 2.05) is 0 Å². The highest BCUT2D eigenvalue weighted by atomic mass is 35.7. The normalized spacial score (nSPS) is 11.9. The van der Waals surface area contributed by atoms with Gasteiger partial charge in [0.1, 0.15) is 5.82 Å². The van der Waals surface area contributed by atoms with E-state index in [4.69, 9.17) is 15.4 Å². The van der Waals surface area contributed by atoms with Gasteiger partial charge in [-0.25, -0.2) is 8.42 Å². The summed E-state index contributed by atoms with van der Waals surface area (Å²) in [4.78, 5) is 0. The minimum Gasteiger partial charge on any atom is -0.383 e. The highest BCUT2D eigenvalue weighted by molar-refractivity contribution is 8.13. The highest BCUT2D eigenvalue weighted by Crippen LogP contribution is 2.15. The first-order valence-corrected chi connectivity index (χ1v) is 7.67. The van der Waals surface area contributed by atoms with Crippen LogP contribution in [-0.2, 0) is 26.8 Å². The molecule has 0 spiro atoms. The molecule has 98 valence electrons. The molecule has 0 radical (unpaired) electrons. The molecule has 0 bridgehead atoms. The van der Waals surface area contributed by atoms with Crippen LogP contribution < -0.4 is 0 Å². The third-order valence-corrected chi connectivity index (χ3v) is 3.44. The topological polar surface area (TPSA) is 74.1 Å². The van der Waals surface area contributed by atoms with Crippen LogP contribution in [0.1, 0.15) is 25.6 Å². The summed E-state index contributed by atoms with van der Waals surface area (Å²) in [6.45, 7) is 2.81. The number of aryl methyl sites for hydroxylation is 1. The lowest BCUT2D eigenvalue weighted by atomic mass is 10.2. The van der Waals surface area contributed by atoms with E-state index < -0.39 is 9.05 Å². The van der Waals surface area contributed by atoms with Gasteiger partial charge in [-0.3, -0.25) is 4.57 Å². The monoisotopic (exact) mass is 281 g/mol. The number of methoxy groups -OCH3 is 1. The van der Waals surface area contributed by atoms with Crippen LogP contribution >= 0.6 is 10.7 Å². The highest BCUT2D eigenvalue weighted by Gasteiger charge is 2.21. The Kier molecular flexibility index (Phi) is 5.35. The van der Waals surface area contributed by atoms with Gasteiger partial charge in [0.15, 0.2) is 0 Å². The molecule has 0 N–H and O–H groups in total. The van der Waals surface area contributed by atoms with Crippen molar-refractivity contribution in [3.63, 3.8) is 0 Å². The second-order valence-corrected chi connectivity index (χ2v) is 6.04. The van der Waals surface area contributed by atoms with Crippen molar-refractivity contribution in [3.05, 3.63) is 5.82 Å². The molecule has 1 rings (SSSR count). The van der Waals surface area contributed by atoms with Crippen LogP contribution in [0.4, 0.5) is 0 Å². The van der Waals surface area contributed by atoms with Gasteiger partial charge >= 0.3 is 0 Å². The molecule has 8 heteroatoms. The number of aromatic nitrogens is 3. The van der Waals surface area contributed by atoms with E-state index in [9.17, 15) is 8.42 Å². The second-order valence-electron chi connectivity index (χ2n) is 3.58. The van der Waals surface area contributed by atoms with E-state index in [0.717, 1.165) is 12.8 Å². The quantitative estimate of drug-likeness (QED) is 0.702. The maximum absolute atomic E-state index is 11.3. The zero-order valence-corrected chi connectivity index (χ0v) is 11.5. The van der Waals surface area contributed by atoms with Crippen molar-refractivity contribution in [1.82, 2.24) is 14.8 Å². The standard InChI is InChI=1S/C9H16ClN3O3S/c1-3-4-5-8-11-12-9(17(10,14)15)13(8)6-7-16-2/h3-7H2,1-2H3. The van der Waals surface area contributed by atoms with Gasteiger partial charge in [0.05, 0.1) is 6.61 Å². The van der Waals surface area contributed by atoms with E-state index in [1.165, 1.54) is 4.57 Å². The number of hydrogen-bond acceptors (Lipinski definition) is 5. The van der Waals surface area contributed by atoms with E-state index >= 15 is 0 Å². The SMILES string of the molecule is CCCCc1nnc(S(=O)(=O)Cl)n1CCOC. The molecule has 0 saturated carbocycles. The summed E-state index contributed by atoms with van der Waals surface area (Å²) >= 11 is 0. The van der Waals surface area contributed by atoms with Crippen molar-refractivity contribution >= 4 is 19.7 Å². The third-order valence-electron chi connectivity index (χ3n) is 2.28. The summed E-state index contributed by atoms with van der Waals surface area (Å²) < 4.78 is 29.0. The van der Waals surface area contributed by atoms with E-state index in [1.54, 1.807) is 7.11 Å². The maximum Gasteiger partial charge on any atom is 0.296 e. The molecule has 1 aromatic rings. The van der Waals surface area contributed by atoms with Crippen molar-refractivity contribution in [2.45, 2.75) is 37.9 Å².